The summed E-state index contributed by atoms with van der Waals surface area (Å²) in [6.45, 7) is 0.346. The van der Waals surface area contributed by atoms with Crippen molar-refractivity contribution in [3.8, 4) is 0 Å². The van der Waals surface area contributed by atoms with Gasteiger partial charge in [-0.15, -0.1) is 0 Å². The number of rotatable bonds is 2. The standard InChI is InChI=1S/C11H9N3O3/c12-8-1-2-10-9(3-8)14(11(15)17-10)5-7-4-13-16-6-7/h1-4,6H,5,12H2. The van der Waals surface area contributed by atoms with Crippen LogP contribution in [-0.4, -0.2) is 9.72 Å². The van der Waals surface area contributed by atoms with Crippen molar-refractivity contribution >= 4 is 16.8 Å². The number of hydrogen-bond donors (Lipinski definition) is 1. The summed E-state index contributed by atoms with van der Waals surface area (Å²) in [5.74, 6) is -0.424. The molecule has 6 heteroatoms. The number of benzene rings is 1. The first-order valence-corrected chi connectivity index (χ1v) is 5.01. The zero-order chi connectivity index (χ0) is 11.8. The zero-order valence-electron chi connectivity index (χ0n) is 8.79. The van der Waals surface area contributed by atoms with Gasteiger partial charge in [0, 0.05) is 11.3 Å². The van der Waals surface area contributed by atoms with E-state index >= 15 is 0 Å². The summed E-state index contributed by atoms with van der Waals surface area (Å²) in [5.41, 5.74) is 8.24. The van der Waals surface area contributed by atoms with Crippen LogP contribution in [0.3, 0.4) is 0 Å². The van der Waals surface area contributed by atoms with Gasteiger partial charge in [-0.2, -0.15) is 0 Å². The Morgan fingerprint density at radius 2 is 2.29 bits per heavy atom. The van der Waals surface area contributed by atoms with Crippen molar-refractivity contribution in [2.24, 2.45) is 0 Å². The van der Waals surface area contributed by atoms with E-state index in [1.807, 2.05) is 0 Å². The lowest BCUT2D eigenvalue weighted by Gasteiger charge is -1.99. The minimum Gasteiger partial charge on any atom is -0.408 e. The maximum absolute atomic E-state index is 11.7. The molecule has 0 aliphatic carbocycles. The first-order valence-electron chi connectivity index (χ1n) is 5.01. The van der Waals surface area contributed by atoms with E-state index < -0.39 is 5.76 Å². The fourth-order valence-corrected chi connectivity index (χ4v) is 1.72. The zero-order valence-corrected chi connectivity index (χ0v) is 8.79. The molecule has 0 spiro atoms. The maximum atomic E-state index is 11.7. The molecule has 0 bridgehead atoms. The lowest BCUT2D eigenvalue weighted by atomic mass is 10.3. The molecule has 0 amide bonds. The van der Waals surface area contributed by atoms with Gasteiger partial charge in [-0.1, -0.05) is 5.16 Å². The highest BCUT2D eigenvalue weighted by Gasteiger charge is 2.10. The van der Waals surface area contributed by atoms with Crippen LogP contribution in [-0.2, 0) is 6.54 Å². The smallest absolute Gasteiger partial charge is 0.408 e. The number of fused-ring (bicyclic) bond motifs is 1. The van der Waals surface area contributed by atoms with Crippen LogP contribution in [0.5, 0.6) is 0 Å². The van der Waals surface area contributed by atoms with E-state index in [1.165, 1.54) is 10.8 Å². The largest absolute Gasteiger partial charge is 0.420 e. The van der Waals surface area contributed by atoms with E-state index in [4.69, 9.17) is 14.7 Å². The summed E-state index contributed by atoms with van der Waals surface area (Å²) in [7, 11) is 0. The Hall–Kier alpha value is -2.50. The quantitative estimate of drug-likeness (QED) is 0.670. The topological polar surface area (TPSA) is 87.2 Å². The Bertz CT molecular complexity index is 709. The molecule has 0 saturated carbocycles. The molecule has 86 valence electrons. The van der Waals surface area contributed by atoms with Gasteiger partial charge in [0.2, 0.25) is 0 Å². The van der Waals surface area contributed by atoms with E-state index in [1.54, 1.807) is 24.4 Å². The molecule has 0 radical (unpaired) electrons. The number of hydrogen-bond acceptors (Lipinski definition) is 5. The fraction of sp³-hybridized carbons (Fsp3) is 0.0909. The van der Waals surface area contributed by atoms with Gasteiger partial charge in [-0.3, -0.25) is 4.57 Å². The van der Waals surface area contributed by atoms with Crippen LogP contribution in [0.1, 0.15) is 5.56 Å². The number of aromatic nitrogens is 2. The van der Waals surface area contributed by atoms with Crippen LogP contribution in [0.4, 0.5) is 5.69 Å². The molecule has 3 rings (SSSR count). The molecule has 0 saturated heterocycles. The number of anilines is 1. The first-order chi connectivity index (χ1) is 8.24. The average Bonchev–Trinajstić information content (AvgIpc) is 2.90. The highest BCUT2D eigenvalue weighted by molar-refractivity contribution is 5.77. The van der Waals surface area contributed by atoms with Gasteiger partial charge in [0.1, 0.15) is 6.26 Å². The van der Waals surface area contributed by atoms with E-state index in [0.717, 1.165) is 5.56 Å². The molecule has 17 heavy (non-hydrogen) atoms. The van der Waals surface area contributed by atoms with Crippen LogP contribution < -0.4 is 11.5 Å². The summed E-state index contributed by atoms with van der Waals surface area (Å²) in [6, 6.07) is 5.07. The van der Waals surface area contributed by atoms with Gasteiger partial charge < -0.3 is 14.7 Å². The first kappa shape index (κ1) is 9.71. The second-order valence-corrected chi connectivity index (χ2v) is 3.71. The van der Waals surface area contributed by atoms with E-state index in [0.29, 0.717) is 23.3 Å². The molecular weight excluding hydrogens is 222 g/mol. The van der Waals surface area contributed by atoms with Gasteiger partial charge in [-0.05, 0) is 18.2 Å². The van der Waals surface area contributed by atoms with Crippen molar-refractivity contribution in [2.75, 3.05) is 5.73 Å². The van der Waals surface area contributed by atoms with Gasteiger partial charge in [0.15, 0.2) is 5.58 Å². The van der Waals surface area contributed by atoms with Crippen LogP contribution >= 0.6 is 0 Å². The van der Waals surface area contributed by atoms with Crippen molar-refractivity contribution < 1.29 is 8.94 Å². The summed E-state index contributed by atoms with van der Waals surface area (Å²) < 4.78 is 11.3. The van der Waals surface area contributed by atoms with Gasteiger partial charge >= 0.3 is 5.76 Å². The van der Waals surface area contributed by atoms with Crippen LogP contribution in [0.15, 0.2) is 44.4 Å². The molecule has 3 aromatic rings. The maximum Gasteiger partial charge on any atom is 0.420 e. The molecule has 0 fully saturated rings. The third kappa shape index (κ3) is 1.59. The Morgan fingerprint density at radius 3 is 3.06 bits per heavy atom. The number of oxazole rings is 1. The predicted octanol–water partition coefficient (Wildman–Crippen LogP) is 1.21. The van der Waals surface area contributed by atoms with Gasteiger partial charge in [-0.25, -0.2) is 4.79 Å². The second kappa shape index (κ2) is 3.51. The lowest BCUT2D eigenvalue weighted by molar-refractivity contribution is 0.418. The predicted molar refractivity (Wildman–Crippen MR) is 60.5 cm³/mol. The lowest BCUT2D eigenvalue weighted by Crippen LogP contribution is -2.14. The Labute approximate surface area is 95.2 Å². The molecule has 0 aliphatic rings. The molecule has 6 nitrogen and oxygen atoms in total. The summed E-state index contributed by atoms with van der Waals surface area (Å²) in [6.07, 6.45) is 3.04. The van der Waals surface area contributed by atoms with Crippen LogP contribution in [0.25, 0.3) is 11.1 Å². The minimum atomic E-state index is -0.424. The summed E-state index contributed by atoms with van der Waals surface area (Å²) in [4.78, 5) is 11.7. The number of nitrogen functional groups attached to an aromatic ring is 1. The molecule has 0 atom stereocenters. The Balaban J connectivity index is 2.17. The molecule has 2 heterocycles. The number of nitrogens with two attached hydrogens (primary N) is 1. The molecule has 1 aromatic carbocycles. The Morgan fingerprint density at radius 1 is 1.41 bits per heavy atom. The van der Waals surface area contributed by atoms with Crippen molar-refractivity contribution in [2.45, 2.75) is 6.54 Å². The third-order valence-corrected chi connectivity index (χ3v) is 2.52. The number of nitrogens with zero attached hydrogens (tertiary/aromatic N) is 2. The van der Waals surface area contributed by atoms with Gasteiger partial charge in [0.05, 0.1) is 18.3 Å². The van der Waals surface area contributed by atoms with Crippen molar-refractivity contribution in [1.82, 2.24) is 9.72 Å². The van der Waals surface area contributed by atoms with E-state index in [-0.39, 0.29) is 0 Å². The molecule has 2 N–H and O–H groups in total. The molecule has 0 unspecified atom stereocenters. The highest BCUT2D eigenvalue weighted by atomic mass is 16.5. The third-order valence-electron chi connectivity index (χ3n) is 2.52. The van der Waals surface area contributed by atoms with Gasteiger partial charge in [0.25, 0.3) is 0 Å². The second-order valence-electron chi connectivity index (χ2n) is 3.71. The highest BCUT2D eigenvalue weighted by Crippen LogP contribution is 2.17. The summed E-state index contributed by atoms with van der Waals surface area (Å²) >= 11 is 0. The van der Waals surface area contributed by atoms with Crippen molar-refractivity contribution in [3.63, 3.8) is 0 Å². The van der Waals surface area contributed by atoms with Crippen molar-refractivity contribution in [3.05, 3.63) is 46.8 Å². The Kier molecular flexibility index (Phi) is 2.01. The van der Waals surface area contributed by atoms with Crippen molar-refractivity contribution in [1.29, 1.82) is 0 Å². The molecule has 2 aromatic heterocycles. The SMILES string of the molecule is Nc1ccc2oc(=O)n(Cc3cnoc3)c2c1. The fourth-order valence-electron chi connectivity index (χ4n) is 1.72. The normalized spacial score (nSPS) is 11.1. The minimum absolute atomic E-state index is 0.346. The van der Waals surface area contributed by atoms with E-state index in [2.05, 4.69) is 5.16 Å². The van der Waals surface area contributed by atoms with E-state index in [9.17, 15) is 4.79 Å². The van der Waals surface area contributed by atoms with Crippen LogP contribution in [0.2, 0.25) is 0 Å². The molecular formula is C11H9N3O3. The van der Waals surface area contributed by atoms with Crippen LogP contribution in [0, 0.1) is 0 Å². The molecule has 0 aliphatic heterocycles. The average molecular weight is 231 g/mol. The monoisotopic (exact) mass is 231 g/mol. The summed E-state index contributed by atoms with van der Waals surface area (Å²) in [5, 5.41) is 3.58.